The normalized spacial score (nSPS) is 15.7. The fourth-order valence-electron chi connectivity index (χ4n) is 3.09. The molecule has 2 heterocycles. The standard InChI is InChI=1S/C18H22N2O3/c1-2-15-5-3-4-6-16(15)20-10-9-19(17(21)18(20)22)13-14-7-11-23-12-8-14/h3-6,9-10,14H,2,7-8,11-13H2,1H3. The molecule has 1 saturated heterocycles. The van der Waals surface area contributed by atoms with Crippen LogP contribution < -0.4 is 11.1 Å². The molecule has 0 spiro atoms. The Hall–Kier alpha value is -2.14. The van der Waals surface area contributed by atoms with Gasteiger partial charge in [0.1, 0.15) is 0 Å². The molecule has 1 aliphatic heterocycles. The van der Waals surface area contributed by atoms with Gasteiger partial charge in [-0.2, -0.15) is 0 Å². The average molecular weight is 314 g/mol. The molecule has 2 aromatic rings. The van der Waals surface area contributed by atoms with E-state index in [1.807, 2.05) is 31.2 Å². The van der Waals surface area contributed by atoms with Crippen LogP contribution in [-0.4, -0.2) is 22.3 Å². The van der Waals surface area contributed by atoms with Gasteiger partial charge in [0.25, 0.3) is 0 Å². The lowest BCUT2D eigenvalue weighted by molar-refractivity contribution is 0.0609. The van der Waals surface area contributed by atoms with E-state index in [1.165, 1.54) is 4.57 Å². The van der Waals surface area contributed by atoms with Crippen LogP contribution in [0.15, 0.2) is 46.2 Å². The molecule has 0 unspecified atom stereocenters. The zero-order chi connectivity index (χ0) is 16.2. The first-order valence-corrected chi connectivity index (χ1v) is 8.19. The molecular weight excluding hydrogens is 292 g/mol. The molecule has 0 radical (unpaired) electrons. The zero-order valence-corrected chi connectivity index (χ0v) is 13.4. The Bertz CT molecular complexity index is 785. The molecule has 0 N–H and O–H groups in total. The molecule has 0 amide bonds. The molecule has 3 rings (SSSR count). The number of nitrogens with zero attached hydrogens (tertiary/aromatic N) is 2. The molecule has 122 valence electrons. The summed E-state index contributed by atoms with van der Waals surface area (Å²) in [5.74, 6) is 0.402. The van der Waals surface area contributed by atoms with Gasteiger partial charge in [0, 0.05) is 32.2 Å². The van der Waals surface area contributed by atoms with E-state index < -0.39 is 11.1 Å². The Morgan fingerprint density at radius 2 is 1.83 bits per heavy atom. The van der Waals surface area contributed by atoms with E-state index in [0.29, 0.717) is 12.5 Å². The molecule has 1 aliphatic rings. The van der Waals surface area contributed by atoms with Crippen molar-refractivity contribution in [3.05, 3.63) is 62.9 Å². The summed E-state index contributed by atoms with van der Waals surface area (Å²) >= 11 is 0. The summed E-state index contributed by atoms with van der Waals surface area (Å²) < 4.78 is 8.35. The summed E-state index contributed by atoms with van der Waals surface area (Å²) in [5, 5.41) is 0. The van der Waals surface area contributed by atoms with Gasteiger partial charge in [-0.25, -0.2) is 0 Å². The number of hydrogen-bond acceptors (Lipinski definition) is 3. The Morgan fingerprint density at radius 1 is 1.09 bits per heavy atom. The maximum atomic E-state index is 12.5. The van der Waals surface area contributed by atoms with Crippen molar-refractivity contribution in [2.24, 2.45) is 5.92 Å². The summed E-state index contributed by atoms with van der Waals surface area (Å²) in [7, 11) is 0. The second-order valence-corrected chi connectivity index (χ2v) is 5.97. The summed E-state index contributed by atoms with van der Waals surface area (Å²) in [6.07, 6.45) is 6.12. The van der Waals surface area contributed by atoms with Gasteiger partial charge in [0.2, 0.25) is 0 Å². The van der Waals surface area contributed by atoms with E-state index in [0.717, 1.165) is 43.7 Å². The maximum absolute atomic E-state index is 12.5. The van der Waals surface area contributed by atoms with Gasteiger partial charge < -0.3 is 9.30 Å². The smallest absolute Gasteiger partial charge is 0.320 e. The van der Waals surface area contributed by atoms with Crippen molar-refractivity contribution in [1.82, 2.24) is 9.13 Å². The highest BCUT2D eigenvalue weighted by molar-refractivity contribution is 5.40. The van der Waals surface area contributed by atoms with Crippen molar-refractivity contribution in [3.63, 3.8) is 0 Å². The second kappa shape index (κ2) is 6.96. The molecular formula is C18H22N2O3. The first-order valence-electron chi connectivity index (χ1n) is 8.19. The molecule has 5 nitrogen and oxygen atoms in total. The fraction of sp³-hybridized carbons (Fsp3) is 0.444. The third-order valence-electron chi connectivity index (χ3n) is 4.49. The van der Waals surface area contributed by atoms with Crippen LogP contribution >= 0.6 is 0 Å². The van der Waals surface area contributed by atoms with Crippen LogP contribution in [0.2, 0.25) is 0 Å². The summed E-state index contributed by atoms with van der Waals surface area (Å²) in [6, 6.07) is 7.69. The minimum Gasteiger partial charge on any atom is -0.381 e. The fourth-order valence-corrected chi connectivity index (χ4v) is 3.09. The van der Waals surface area contributed by atoms with Crippen molar-refractivity contribution in [2.75, 3.05) is 13.2 Å². The zero-order valence-electron chi connectivity index (χ0n) is 13.4. The van der Waals surface area contributed by atoms with E-state index >= 15 is 0 Å². The topological polar surface area (TPSA) is 53.2 Å². The SMILES string of the molecule is CCc1ccccc1-n1ccn(CC2CCOCC2)c(=O)c1=O. The highest BCUT2D eigenvalue weighted by atomic mass is 16.5. The van der Waals surface area contributed by atoms with E-state index in [-0.39, 0.29) is 0 Å². The van der Waals surface area contributed by atoms with Crippen LogP contribution in [-0.2, 0) is 17.7 Å². The van der Waals surface area contributed by atoms with E-state index in [4.69, 9.17) is 4.74 Å². The number of aromatic nitrogens is 2. The van der Waals surface area contributed by atoms with Crippen LogP contribution in [0.1, 0.15) is 25.3 Å². The van der Waals surface area contributed by atoms with Crippen LogP contribution in [0.5, 0.6) is 0 Å². The molecule has 0 aliphatic carbocycles. The predicted molar refractivity (Wildman–Crippen MR) is 89.2 cm³/mol. The Balaban J connectivity index is 1.94. The third-order valence-corrected chi connectivity index (χ3v) is 4.49. The average Bonchev–Trinajstić information content (AvgIpc) is 2.60. The van der Waals surface area contributed by atoms with Crippen LogP contribution in [0.3, 0.4) is 0 Å². The maximum Gasteiger partial charge on any atom is 0.320 e. The molecule has 23 heavy (non-hydrogen) atoms. The number of aryl methyl sites for hydroxylation is 1. The Labute approximate surface area is 135 Å². The second-order valence-electron chi connectivity index (χ2n) is 5.97. The largest absolute Gasteiger partial charge is 0.381 e. The van der Waals surface area contributed by atoms with Gasteiger partial charge in [-0.3, -0.25) is 14.2 Å². The van der Waals surface area contributed by atoms with Gasteiger partial charge in [-0.15, -0.1) is 0 Å². The van der Waals surface area contributed by atoms with Crippen molar-refractivity contribution < 1.29 is 4.74 Å². The summed E-state index contributed by atoms with van der Waals surface area (Å²) in [5.41, 5.74) is 0.900. The van der Waals surface area contributed by atoms with Gasteiger partial charge in [-0.05, 0) is 36.8 Å². The van der Waals surface area contributed by atoms with Crippen molar-refractivity contribution >= 4 is 0 Å². The molecule has 1 aromatic carbocycles. The minimum absolute atomic E-state index is 0.402. The molecule has 5 heteroatoms. The molecule has 0 saturated carbocycles. The molecule has 1 aromatic heterocycles. The first-order chi connectivity index (χ1) is 11.2. The van der Waals surface area contributed by atoms with E-state index in [2.05, 4.69) is 0 Å². The van der Waals surface area contributed by atoms with E-state index in [1.54, 1.807) is 17.0 Å². The lowest BCUT2D eigenvalue weighted by Gasteiger charge is -2.22. The predicted octanol–water partition coefficient (Wildman–Crippen LogP) is 1.99. The van der Waals surface area contributed by atoms with Gasteiger partial charge in [0.15, 0.2) is 0 Å². The lowest BCUT2D eigenvalue weighted by Crippen LogP contribution is -2.41. The molecule has 1 fully saturated rings. The van der Waals surface area contributed by atoms with Gasteiger partial charge in [0.05, 0.1) is 5.69 Å². The molecule has 0 bridgehead atoms. The highest BCUT2D eigenvalue weighted by Crippen LogP contribution is 2.16. The summed E-state index contributed by atoms with van der Waals surface area (Å²) in [4.78, 5) is 24.9. The monoisotopic (exact) mass is 314 g/mol. The Kier molecular flexibility index (Phi) is 4.76. The lowest BCUT2D eigenvalue weighted by atomic mass is 10.0. The third kappa shape index (κ3) is 3.29. The molecule has 0 atom stereocenters. The number of rotatable bonds is 4. The quantitative estimate of drug-likeness (QED) is 0.811. The highest BCUT2D eigenvalue weighted by Gasteiger charge is 2.16. The number of ether oxygens (including phenoxy) is 1. The van der Waals surface area contributed by atoms with Crippen LogP contribution in [0.25, 0.3) is 5.69 Å². The van der Waals surface area contributed by atoms with Crippen LogP contribution in [0, 0.1) is 5.92 Å². The van der Waals surface area contributed by atoms with Crippen LogP contribution in [0.4, 0.5) is 0 Å². The minimum atomic E-state index is -0.486. The van der Waals surface area contributed by atoms with Gasteiger partial charge >= 0.3 is 11.1 Å². The van der Waals surface area contributed by atoms with Crippen molar-refractivity contribution in [1.29, 1.82) is 0 Å². The van der Waals surface area contributed by atoms with Crippen molar-refractivity contribution in [2.45, 2.75) is 32.7 Å². The van der Waals surface area contributed by atoms with Crippen molar-refractivity contribution in [3.8, 4) is 5.69 Å². The van der Waals surface area contributed by atoms with Gasteiger partial charge in [-0.1, -0.05) is 25.1 Å². The number of hydrogen-bond donors (Lipinski definition) is 0. The first kappa shape index (κ1) is 15.7. The number of benzene rings is 1. The van der Waals surface area contributed by atoms with E-state index in [9.17, 15) is 9.59 Å². The summed E-state index contributed by atoms with van der Waals surface area (Å²) in [6.45, 7) is 4.10. The Morgan fingerprint density at radius 3 is 2.57 bits per heavy atom. The number of para-hydroxylation sites is 1.